The molecule has 2 unspecified atom stereocenters. The molecule has 2 atom stereocenters. The fourth-order valence-electron chi connectivity index (χ4n) is 2.55. The van der Waals surface area contributed by atoms with Gasteiger partial charge in [-0.3, -0.25) is 9.69 Å². The van der Waals surface area contributed by atoms with Crippen LogP contribution >= 0.6 is 15.9 Å². The quantitative estimate of drug-likeness (QED) is 0.744. The number of hydrogen-bond donors (Lipinski definition) is 1. The van der Waals surface area contributed by atoms with Crippen LogP contribution in [0.4, 0.5) is 0 Å². The minimum absolute atomic E-state index is 0.0946. The largest absolute Gasteiger partial charge is 0.354 e. The van der Waals surface area contributed by atoms with E-state index in [4.69, 9.17) is 0 Å². The van der Waals surface area contributed by atoms with E-state index in [1.807, 2.05) is 0 Å². The summed E-state index contributed by atoms with van der Waals surface area (Å²) in [5.41, 5.74) is 0. The smallest absolute Gasteiger partial charge is 0.234 e. The number of nitrogens with zero attached hydrogens (tertiary/aromatic N) is 2. The van der Waals surface area contributed by atoms with E-state index in [0.29, 0.717) is 17.9 Å². The molecule has 0 aliphatic carbocycles. The first-order valence-electron chi connectivity index (χ1n) is 7.67. The summed E-state index contributed by atoms with van der Waals surface area (Å²) in [6, 6.07) is 0.430. The highest BCUT2D eigenvalue weighted by molar-refractivity contribution is 9.10. The normalized spacial score (nSPS) is 21.2. The number of halogens is 1. The van der Waals surface area contributed by atoms with Gasteiger partial charge in [-0.25, -0.2) is 0 Å². The highest BCUT2D eigenvalue weighted by Crippen LogP contribution is 2.15. The average molecular weight is 348 g/mol. The number of carbonyl (C=O) groups excluding carboxylic acids is 1. The number of likely N-dealkylation sites (N-methyl/N-ethyl adjacent to an activating group) is 1. The van der Waals surface area contributed by atoms with E-state index in [1.165, 1.54) is 0 Å². The van der Waals surface area contributed by atoms with Crippen molar-refractivity contribution in [2.75, 3.05) is 39.8 Å². The van der Waals surface area contributed by atoms with Crippen LogP contribution in [-0.4, -0.2) is 66.3 Å². The predicted octanol–water partition coefficient (Wildman–Crippen LogP) is 1.79. The number of piperazine rings is 1. The minimum atomic E-state index is -0.0946. The standard InChI is InChI=1S/C15H30BrN3O/c1-11(2)13(19-8-6-18(5)7-9-19)10-17-15(20)14(16)12(3)4/h11-14H,6-10H2,1-5H3,(H,17,20). The lowest BCUT2D eigenvalue weighted by Gasteiger charge is -2.40. The molecule has 0 aromatic rings. The number of amides is 1. The van der Waals surface area contributed by atoms with Crippen molar-refractivity contribution in [3.8, 4) is 0 Å². The van der Waals surface area contributed by atoms with Crippen molar-refractivity contribution in [2.24, 2.45) is 11.8 Å². The Hall–Kier alpha value is -0.130. The van der Waals surface area contributed by atoms with Crippen LogP contribution in [0.15, 0.2) is 0 Å². The molecule has 118 valence electrons. The van der Waals surface area contributed by atoms with Crippen molar-refractivity contribution in [3.63, 3.8) is 0 Å². The maximum absolute atomic E-state index is 12.1. The van der Waals surface area contributed by atoms with E-state index in [2.05, 4.69) is 65.8 Å². The molecule has 5 heteroatoms. The highest BCUT2D eigenvalue weighted by Gasteiger charge is 2.26. The second-order valence-corrected chi connectivity index (χ2v) is 7.53. The fourth-order valence-corrected chi connectivity index (χ4v) is 2.71. The Morgan fingerprint density at radius 1 is 1.10 bits per heavy atom. The summed E-state index contributed by atoms with van der Waals surface area (Å²) < 4.78 is 0. The van der Waals surface area contributed by atoms with Gasteiger partial charge in [0.1, 0.15) is 0 Å². The molecule has 0 bridgehead atoms. The summed E-state index contributed by atoms with van der Waals surface area (Å²) in [4.78, 5) is 16.8. The van der Waals surface area contributed by atoms with E-state index in [1.54, 1.807) is 0 Å². The van der Waals surface area contributed by atoms with Crippen molar-refractivity contribution < 1.29 is 4.79 Å². The maximum Gasteiger partial charge on any atom is 0.234 e. The number of alkyl halides is 1. The zero-order chi connectivity index (χ0) is 15.3. The molecule has 0 spiro atoms. The second kappa shape index (κ2) is 8.35. The Kier molecular flexibility index (Phi) is 7.48. The Morgan fingerprint density at radius 2 is 1.65 bits per heavy atom. The van der Waals surface area contributed by atoms with Crippen molar-refractivity contribution >= 4 is 21.8 Å². The Balaban J connectivity index is 2.49. The molecule has 1 aliphatic rings. The van der Waals surface area contributed by atoms with Crippen molar-refractivity contribution in [2.45, 2.75) is 38.6 Å². The molecule has 1 saturated heterocycles. The van der Waals surface area contributed by atoms with Gasteiger partial charge in [0, 0.05) is 38.8 Å². The van der Waals surface area contributed by atoms with Crippen LogP contribution in [0.1, 0.15) is 27.7 Å². The summed E-state index contributed by atoms with van der Waals surface area (Å²) in [7, 11) is 2.17. The van der Waals surface area contributed by atoms with Crippen LogP contribution in [0.3, 0.4) is 0 Å². The molecule has 0 radical (unpaired) electrons. The Morgan fingerprint density at radius 3 is 2.10 bits per heavy atom. The minimum Gasteiger partial charge on any atom is -0.354 e. The molecule has 0 saturated carbocycles. The van der Waals surface area contributed by atoms with Crippen LogP contribution < -0.4 is 5.32 Å². The van der Waals surface area contributed by atoms with Crippen molar-refractivity contribution in [1.29, 1.82) is 0 Å². The predicted molar refractivity (Wildman–Crippen MR) is 88.3 cm³/mol. The monoisotopic (exact) mass is 347 g/mol. The molecule has 1 N–H and O–H groups in total. The molecule has 1 heterocycles. The molecule has 0 aromatic carbocycles. The Bertz CT molecular complexity index is 301. The third kappa shape index (κ3) is 5.34. The molecule has 1 rings (SSSR count). The van der Waals surface area contributed by atoms with Gasteiger partial charge in [0.15, 0.2) is 0 Å². The topological polar surface area (TPSA) is 35.6 Å². The molecule has 4 nitrogen and oxygen atoms in total. The van der Waals surface area contributed by atoms with Gasteiger partial charge >= 0.3 is 0 Å². The van der Waals surface area contributed by atoms with Gasteiger partial charge < -0.3 is 10.2 Å². The summed E-state index contributed by atoms with van der Waals surface area (Å²) >= 11 is 3.47. The number of nitrogens with one attached hydrogen (secondary N) is 1. The third-order valence-electron chi connectivity index (χ3n) is 4.10. The molecule has 1 amide bonds. The molecule has 1 fully saturated rings. The summed E-state index contributed by atoms with van der Waals surface area (Å²) in [5, 5.41) is 3.11. The maximum atomic E-state index is 12.1. The van der Waals surface area contributed by atoms with Gasteiger partial charge in [0.2, 0.25) is 5.91 Å². The second-order valence-electron chi connectivity index (χ2n) is 6.54. The first-order valence-corrected chi connectivity index (χ1v) is 8.58. The van der Waals surface area contributed by atoms with E-state index in [9.17, 15) is 4.79 Å². The zero-order valence-electron chi connectivity index (χ0n) is 13.5. The van der Waals surface area contributed by atoms with Gasteiger partial charge in [-0.15, -0.1) is 0 Å². The van der Waals surface area contributed by atoms with Gasteiger partial charge in [-0.2, -0.15) is 0 Å². The summed E-state index contributed by atoms with van der Waals surface area (Å²) in [6.45, 7) is 13.8. The lowest BCUT2D eigenvalue weighted by molar-refractivity contribution is -0.121. The van der Waals surface area contributed by atoms with Gasteiger partial charge in [-0.1, -0.05) is 43.6 Å². The molecule has 0 aromatic heterocycles. The lowest BCUT2D eigenvalue weighted by atomic mass is 10.0. The SMILES string of the molecule is CC(C)C(Br)C(=O)NCC(C(C)C)N1CCN(C)CC1. The zero-order valence-corrected chi connectivity index (χ0v) is 15.1. The molecular weight excluding hydrogens is 318 g/mol. The van der Waals surface area contributed by atoms with Gasteiger partial charge in [0.25, 0.3) is 0 Å². The van der Waals surface area contributed by atoms with Gasteiger partial charge in [0.05, 0.1) is 4.83 Å². The highest BCUT2D eigenvalue weighted by atomic mass is 79.9. The first kappa shape index (κ1) is 17.9. The van der Waals surface area contributed by atoms with Crippen molar-refractivity contribution in [1.82, 2.24) is 15.1 Å². The van der Waals surface area contributed by atoms with Crippen LogP contribution in [0.2, 0.25) is 0 Å². The van der Waals surface area contributed by atoms with E-state index in [0.717, 1.165) is 32.7 Å². The molecular formula is C15H30BrN3O. The van der Waals surface area contributed by atoms with E-state index >= 15 is 0 Å². The average Bonchev–Trinajstić information content (AvgIpc) is 2.39. The van der Waals surface area contributed by atoms with E-state index in [-0.39, 0.29) is 10.7 Å². The number of carbonyl (C=O) groups is 1. The Labute approximate surface area is 132 Å². The number of hydrogen-bond acceptors (Lipinski definition) is 3. The van der Waals surface area contributed by atoms with Crippen LogP contribution in [-0.2, 0) is 4.79 Å². The fraction of sp³-hybridized carbons (Fsp3) is 0.933. The van der Waals surface area contributed by atoms with Crippen LogP contribution in [0.25, 0.3) is 0 Å². The first-order chi connectivity index (χ1) is 9.32. The lowest BCUT2D eigenvalue weighted by Crippen LogP contribution is -2.54. The van der Waals surface area contributed by atoms with Crippen LogP contribution in [0.5, 0.6) is 0 Å². The van der Waals surface area contributed by atoms with Gasteiger partial charge in [-0.05, 0) is 18.9 Å². The number of rotatable bonds is 6. The van der Waals surface area contributed by atoms with Crippen LogP contribution in [0, 0.1) is 11.8 Å². The van der Waals surface area contributed by atoms with E-state index < -0.39 is 0 Å². The summed E-state index contributed by atoms with van der Waals surface area (Å²) in [6.07, 6.45) is 0. The molecule has 1 aliphatic heterocycles. The van der Waals surface area contributed by atoms with Crippen molar-refractivity contribution in [3.05, 3.63) is 0 Å². The molecule has 20 heavy (non-hydrogen) atoms. The summed E-state index contributed by atoms with van der Waals surface area (Å²) in [5.74, 6) is 0.974. The third-order valence-corrected chi connectivity index (χ3v) is 5.57.